The van der Waals surface area contributed by atoms with Crippen molar-refractivity contribution >= 4 is 11.8 Å². The first kappa shape index (κ1) is 18.9. The quantitative estimate of drug-likeness (QED) is 0.594. The van der Waals surface area contributed by atoms with Crippen LogP contribution in [0, 0.1) is 51.2 Å². The number of rotatable bonds is 0. The number of hydrogen-bond donors (Lipinski definition) is 2. The highest BCUT2D eigenvalue weighted by Gasteiger charge is 2.76. The van der Waals surface area contributed by atoms with E-state index in [-0.39, 0.29) is 40.8 Å². The number of esters is 1. The topological polar surface area (TPSA) is 113 Å². The first-order chi connectivity index (χ1) is 14.1. The Bertz CT molecular complexity index is 967. The van der Waals surface area contributed by atoms with Gasteiger partial charge in [-0.2, -0.15) is 5.26 Å². The molecule has 6 heteroatoms. The lowest BCUT2D eigenvalue weighted by molar-refractivity contribution is -0.209. The molecule has 160 valence electrons. The highest BCUT2D eigenvalue weighted by molar-refractivity contribution is 6.00. The minimum atomic E-state index is -0.872. The van der Waals surface area contributed by atoms with Crippen LogP contribution in [0.5, 0.6) is 0 Å². The Morgan fingerprint density at radius 1 is 1.13 bits per heavy atom. The van der Waals surface area contributed by atoms with Crippen LogP contribution in [0.25, 0.3) is 0 Å². The van der Waals surface area contributed by atoms with Gasteiger partial charge in [-0.05, 0) is 61.7 Å². The molecular weight excluding hydrogens is 380 g/mol. The minimum absolute atomic E-state index is 0.0255. The molecule has 4 saturated carbocycles. The lowest BCUT2D eigenvalue weighted by Crippen LogP contribution is -2.64. The van der Waals surface area contributed by atoms with Gasteiger partial charge in [0.15, 0.2) is 5.78 Å². The number of Topliss-reactive ketones (excluding diaryl/α,β-unsaturated/α-hetero) is 1. The number of nitrogens with two attached hydrogens (primary N) is 1. The second-order valence-corrected chi connectivity index (χ2v) is 11.4. The molecule has 5 aliphatic carbocycles. The van der Waals surface area contributed by atoms with Crippen molar-refractivity contribution in [3.63, 3.8) is 0 Å². The fraction of sp³-hybridized carbons (Fsp3) is 0.792. The van der Waals surface area contributed by atoms with Crippen molar-refractivity contribution in [1.29, 1.82) is 5.26 Å². The Morgan fingerprint density at radius 2 is 1.90 bits per heavy atom. The number of aliphatic hydroxyl groups is 1. The van der Waals surface area contributed by atoms with Gasteiger partial charge in [0.25, 0.3) is 0 Å². The van der Waals surface area contributed by atoms with Crippen LogP contribution in [-0.2, 0) is 14.3 Å². The van der Waals surface area contributed by atoms with E-state index in [2.05, 4.69) is 19.9 Å². The maximum Gasteiger partial charge on any atom is 0.306 e. The number of carbonyl (C=O) groups excluding carboxylic acids is 2. The van der Waals surface area contributed by atoms with E-state index in [1.54, 1.807) is 0 Å². The molecule has 9 atom stereocenters. The third kappa shape index (κ3) is 1.71. The third-order valence-electron chi connectivity index (χ3n) is 10.8. The molecule has 3 N–H and O–H groups in total. The molecule has 0 aromatic carbocycles. The summed E-state index contributed by atoms with van der Waals surface area (Å²) in [6.45, 7) is 4.33. The number of ketones is 1. The zero-order valence-electron chi connectivity index (χ0n) is 17.7. The van der Waals surface area contributed by atoms with E-state index in [9.17, 15) is 20.0 Å². The van der Waals surface area contributed by atoms with Gasteiger partial charge in [-0.1, -0.05) is 13.8 Å². The lowest BCUT2D eigenvalue weighted by atomic mass is 9.39. The molecule has 0 aromatic rings. The lowest BCUT2D eigenvalue weighted by Gasteiger charge is -2.64. The number of aliphatic hydroxyl groups excluding tert-OH is 1. The summed E-state index contributed by atoms with van der Waals surface area (Å²) < 4.78 is 5.99. The predicted octanol–water partition coefficient (Wildman–Crippen LogP) is 2.60. The molecule has 1 saturated heterocycles. The third-order valence-corrected chi connectivity index (χ3v) is 10.8. The molecule has 6 rings (SSSR count). The maximum atomic E-state index is 12.9. The highest BCUT2D eigenvalue weighted by atomic mass is 16.6. The molecule has 6 aliphatic rings. The van der Waals surface area contributed by atoms with Crippen LogP contribution in [0.15, 0.2) is 11.3 Å². The van der Waals surface area contributed by atoms with E-state index in [1.807, 2.05) is 0 Å². The van der Waals surface area contributed by atoms with Crippen molar-refractivity contribution in [1.82, 2.24) is 0 Å². The maximum absolute atomic E-state index is 12.9. The summed E-state index contributed by atoms with van der Waals surface area (Å²) >= 11 is 0. The fourth-order valence-corrected chi connectivity index (χ4v) is 9.56. The number of nitrogens with zero attached hydrogens (tertiary/aromatic N) is 1. The van der Waals surface area contributed by atoms with Gasteiger partial charge in [0, 0.05) is 35.4 Å². The second kappa shape index (κ2) is 5.30. The highest BCUT2D eigenvalue weighted by Crippen LogP contribution is 2.76. The van der Waals surface area contributed by atoms with Crippen LogP contribution < -0.4 is 5.73 Å². The summed E-state index contributed by atoms with van der Waals surface area (Å²) in [5.41, 5.74) is 5.72. The molecule has 2 bridgehead atoms. The summed E-state index contributed by atoms with van der Waals surface area (Å²) in [5, 5.41) is 22.0. The molecule has 6 nitrogen and oxygen atoms in total. The molecule has 0 aromatic heterocycles. The van der Waals surface area contributed by atoms with Gasteiger partial charge in [-0.3, -0.25) is 9.59 Å². The van der Waals surface area contributed by atoms with Gasteiger partial charge in [0.2, 0.25) is 0 Å². The Hall–Kier alpha value is -1.87. The van der Waals surface area contributed by atoms with Crippen molar-refractivity contribution in [2.24, 2.45) is 45.7 Å². The second-order valence-electron chi connectivity index (χ2n) is 11.4. The standard InChI is InChI=1S/C24H30N2O4/c1-21-6-4-14(27)19-20(26)12(9-23(19,21)11-25)17-13-3-7-24(8-5-16(29)30-24)22(13,2)10-15(28)18(17)21/h12-13,15,17-18,28H,3-10,26H2,1-2H3/t12?,13?,15-,17?,18?,21-,22+,23?,24-/m1/s1. The minimum Gasteiger partial charge on any atom is -0.458 e. The average Bonchev–Trinajstić information content (AvgIpc) is 3.31. The largest absolute Gasteiger partial charge is 0.458 e. The summed E-state index contributed by atoms with van der Waals surface area (Å²) in [4.78, 5) is 25.0. The molecule has 1 aliphatic heterocycles. The zero-order valence-corrected chi connectivity index (χ0v) is 17.7. The van der Waals surface area contributed by atoms with E-state index in [4.69, 9.17) is 10.5 Å². The summed E-state index contributed by atoms with van der Waals surface area (Å²) in [6, 6.07) is 2.55. The summed E-state index contributed by atoms with van der Waals surface area (Å²) in [6.07, 6.45) is 4.57. The van der Waals surface area contributed by atoms with Crippen molar-refractivity contribution in [2.45, 2.75) is 76.9 Å². The van der Waals surface area contributed by atoms with E-state index in [0.717, 1.165) is 19.3 Å². The van der Waals surface area contributed by atoms with Gasteiger partial charge in [0.05, 0.1) is 17.6 Å². The first-order valence-electron chi connectivity index (χ1n) is 11.5. The van der Waals surface area contributed by atoms with Crippen LogP contribution >= 0.6 is 0 Å². The van der Waals surface area contributed by atoms with Gasteiger partial charge in [-0.15, -0.1) is 0 Å². The van der Waals surface area contributed by atoms with E-state index < -0.39 is 22.5 Å². The van der Waals surface area contributed by atoms with Gasteiger partial charge < -0.3 is 15.6 Å². The molecule has 0 amide bonds. The van der Waals surface area contributed by atoms with Crippen molar-refractivity contribution in [3.8, 4) is 6.07 Å². The van der Waals surface area contributed by atoms with Crippen LogP contribution in [0.1, 0.15) is 65.2 Å². The Labute approximate surface area is 176 Å². The molecule has 5 fully saturated rings. The average molecular weight is 411 g/mol. The molecule has 1 heterocycles. The Morgan fingerprint density at radius 3 is 2.57 bits per heavy atom. The number of allylic oxidation sites excluding steroid dienone is 2. The van der Waals surface area contributed by atoms with Crippen molar-refractivity contribution < 1.29 is 19.4 Å². The number of hydrogen-bond acceptors (Lipinski definition) is 6. The summed E-state index contributed by atoms with van der Waals surface area (Å²) in [7, 11) is 0. The molecule has 1 spiro atoms. The van der Waals surface area contributed by atoms with E-state index in [1.165, 1.54) is 0 Å². The molecule has 30 heavy (non-hydrogen) atoms. The Kier molecular flexibility index (Phi) is 3.33. The fourth-order valence-electron chi connectivity index (χ4n) is 9.56. The summed E-state index contributed by atoms with van der Waals surface area (Å²) in [5.74, 6) is 0.169. The molecular formula is C24H30N2O4. The number of carbonyl (C=O) groups is 2. The van der Waals surface area contributed by atoms with Crippen molar-refractivity contribution in [3.05, 3.63) is 11.3 Å². The SMILES string of the molecule is C[C@]12C[C@@H](O)C3C(C4CC5(C#N)C(=C4N)C(=O)CC[C@]35C)C1CC[C@@]21CCC(=O)O1. The number of nitriles is 1. The first-order valence-corrected chi connectivity index (χ1v) is 11.5. The van der Waals surface area contributed by atoms with E-state index in [0.29, 0.717) is 43.4 Å². The van der Waals surface area contributed by atoms with Gasteiger partial charge >= 0.3 is 5.97 Å². The monoisotopic (exact) mass is 410 g/mol. The van der Waals surface area contributed by atoms with Crippen LogP contribution in [0.2, 0.25) is 0 Å². The normalized spacial score (nSPS) is 56.0. The van der Waals surface area contributed by atoms with Crippen LogP contribution in [-0.4, -0.2) is 28.6 Å². The van der Waals surface area contributed by atoms with Crippen molar-refractivity contribution in [2.75, 3.05) is 0 Å². The van der Waals surface area contributed by atoms with Gasteiger partial charge in [0.1, 0.15) is 5.60 Å². The smallest absolute Gasteiger partial charge is 0.306 e. The van der Waals surface area contributed by atoms with E-state index >= 15 is 0 Å². The predicted molar refractivity (Wildman–Crippen MR) is 106 cm³/mol. The Balaban J connectivity index is 1.53. The number of fused-ring (bicyclic) bond motifs is 7. The number of ether oxygens (including phenoxy) is 1. The molecule has 0 radical (unpaired) electrons. The zero-order chi connectivity index (χ0) is 21.3. The molecule has 5 unspecified atom stereocenters. The van der Waals surface area contributed by atoms with Crippen LogP contribution in [0.4, 0.5) is 0 Å². The van der Waals surface area contributed by atoms with Crippen LogP contribution in [0.3, 0.4) is 0 Å². The van der Waals surface area contributed by atoms with Gasteiger partial charge in [-0.25, -0.2) is 0 Å².